The van der Waals surface area contributed by atoms with Gasteiger partial charge >= 0.3 is 0 Å². The average molecular weight is 458 g/mol. The number of nitrogens with zero attached hydrogens (tertiary/aromatic N) is 3. The minimum absolute atomic E-state index is 0.0603. The number of methoxy groups -OCH3 is 1. The smallest absolute Gasteiger partial charge is 0.229 e. The third-order valence-electron chi connectivity index (χ3n) is 5.52. The van der Waals surface area contributed by atoms with Gasteiger partial charge in [0.25, 0.3) is 0 Å². The Kier molecular flexibility index (Phi) is 9.59. The number of benzene rings is 2. The zero-order valence-corrected chi connectivity index (χ0v) is 19.7. The summed E-state index contributed by atoms with van der Waals surface area (Å²) in [5.74, 6) is 0.517. The van der Waals surface area contributed by atoms with Crippen LogP contribution in [0.4, 0.5) is 11.5 Å². The van der Waals surface area contributed by atoms with Crippen molar-refractivity contribution in [2.24, 2.45) is 0 Å². The van der Waals surface area contributed by atoms with Gasteiger partial charge in [0.15, 0.2) is 0 Å². The molecule has 1 fully saturated rings. The first-order valence-electron chi connectivity index (χ1n) is 11.3. The Hall–Kier alpha value is -3.73. The molecular weight excluding hydrogens is 426 g/mol. The van der Waals surface area contributed by atoms with Crippen LogP contribution in [-0.2, 0) is 22.4 Å². The first-order valence-corrected chi connectivity index (χ1v) is 11.3. The number of hydrogen-bond donors (Lipinski definition) is 2. The summed E-state index contributed by atoms with van der Waals surface area (Å²) in [6.45, 7) is 2.75. The van der Waals surface area contributed by atoms with E-state index < -0.39 is 0 Å². The number of hydrogen-bond acceptors (Lipinski definition) is 6. The lowest BCUT2D eigenvalue weighted by molar-refractivity contribution is -0.115. The predicted molar refractivity (Wildman–Crippen MR) is 135 cm³/mol. The highest BCUT2D eigenvalue weighted by Crippen LogP contribution is 2.22. The summed E-state index contributed by atoms with van der Waals surface area (Å²) in [6, 6.07) is 23.3. The lowest BCUT2D eigenvalue weighted by Crippen LogP contribution is -2.51. The van der Waals surface area contributed by atoms with Crippen molar-refractivity contribution < 1.29 is 9.53 Å². The van der Waals surface area contributed by atoms with Crippen molar-refractivity contribution in [1.82, 2.24) is 10.3 Å². The van der Waals surface area contributed by atoms with Gasteiger partial charge in [0, 0.05) is 20.2 Å². The van der Waals surface area contributed by atoms with Crippen molar-refractivity contribution in [3.8, 4) is 6.07 Å². The molecule has 0 spiro atoms. The lowest BCUT2D eigenvalue weighted by atomic mass is 10.1. The predicted octanol–water partition coefficient (Wildman–Crippen LogP) is 3.42. The van der Waals surface area contributed by atoms with E-state index >= 15 is 0 Å². The van der Waals surface area contributed by atoms with Gasteiger partial charge < -0.3 is 20.3 Å². The lowest BCUT2D eigenvalue weighted by Gasteiger charge is -2.39. The second kappa shape index (κ2) is 13.1. The van der Waals surface area contributed by atoms with Crippen molar-refractivity contribution in [1.29, 1.82) is 5.26 Å². The van der Waals surface area contributed by atoms with Crippen LogP contribution >= 0.6 is 0 Å². The molecule has 0 unspecified atom stereocenters. The molecule has 34 heavy (non-hydrogen) atoms. The Bertz CT molecular complexity index is 1060. The number of amides is 1. The Morgan fingerprint density at radius 2 is 1.82 bits per heavy atom. The van der Waals surface area contributed by atoms with E-state index in [9.17, 15) is 4.79 Å². The van der Waals surface area contributed by atoms with Crippen molar-refractivity contribution in [2.45, 2.75) is 18.9 Å². The number of ether oxygens (including phenoxy) is 1. The van der Waals surface area contributed by atoms with Gasteiger partial charge in [-0.05, 0) is 55.4 Å². The van der Waals surface area contributed by atoms with Crippen molar-refractivity contribution in [2.75, 3.05) is 44.0 Å². The van der Waals surface area contributed by atoms with Gasteiger partial charge in [0.2, 0.25) is 5.91 Å². The molecule has 1 saturated heterocycles. The third-order valence-corrected chi connectivity index (χ3v) is 5.52. The summed E-state index contributed by atoms with van der Waals surface area (Å²) in [5.41, 5.74) is 4.03. The van der Waals surface area contributed by atoms with E-state index in [1.54, 1.807) is 13.3 Å². The van der Waals surface area contributed by atoms with E-state index in [0.29, 0.717) is 18.3 Å². The van der Waals surface area contributed by atoms with Crippen molar-refractivity contribution in [3.05, 3.63) is 89.6 Å². The summed E-state index contributed by atoms with van der Waals surface area (Å²) in [5, 5.41) is 14.4. The summed E-state index contributed by atoms with van der Waals surface area (Å²) >= 11 is 0. The second-order valence-electron chi connectivity index (χ2n) is 8.04. The average Bonchev–Trinajstić information content (AvgIpc) is 2.84. The molecular formula is C27H31N5O2. The molecule has 4 rings (SSSR count). The molecule has 1 aromatic heterocycles. The van der Waals surface area contributed by atoms with E-state index in [1.165, 1.54) is 5.56 Å². The van der Waals surface area contributed by atoms with Gasteiger partial charge in [-0.15, -0.1) is 0 Å². The fourth-order valence-corrected chi connectivity index (χ4v) is 3.43. The maximum atomic E-state index is 12.0. The van der Waals surface area contributed by atoms with Gasteiger partial charge in [-0.25, -0.2) is 4.98 Å². The largest absolute Gasteiger partial charge is 0.378 e. The van der Waals surface area contributed by atoms with Crippen LogP contribution in [0.25, 0.3) is 0 Å². The number of anilines is 2. The summed E-state index contributed by atoms with van der Waals surface area (Å²) < 4.78 is 5.25. The molecule has 7 heteroatoms. The van der Waals surface area contributed by atoms with Crippen LogP contribution in [0.3, 0.4) is 0 Å². The van der Waals surface area contributed by atoms with Gasteiger partial charge in [0.05, 0.1) is 36.0 Å². The van der Waals surface area contributed by atoms with Gasteiger partial charge in [-0.3, -0.25) is 4.79 Å². The third kappa shape index (κ3) is 7.69. The minimum Gasteiger partial charge on any atom is -0.378 e. The van der Waals surface area contributed by atoms with Crippen LogP contribution in [0.15, 0.2) is 72.9 Å². The molecule has 0 saturated carbocycles. The molecule has 3 aromatic rings. The van der Waals surface area contributed by atoms with E-state index in [1.807, 2.05) is 73.8 Å². The number of nitrogens with one attached hydrogen (secondary N) is 2. The molecule has 0 aliphatic carbocycles. The normalized spacial score (nSPS) is 12.7. The summed E-state index contributed by atoms with van der Waals surface area (Å²) in [6.07, 6.45) is 3.46. The van der Waals surface area contributed by atoms with E-state index in [0.717, 1.165) is 42.9 Å². The summed E-state index contributed by atoms with van der Waals surface area (Å²) in [7, 11) is 3.66. The zero-order valence-electron chi connectivity index (χ0n) is 19.7. The van der Waals surface area contributed by atoms with Crippen LogP contribution in [0.5, 0.6) is 0 Å². The van der Waals surface area contributed by atoms with Crippen molar-refractivity contribution in [3.63, 3.8) is 0 Å². The maximum Gasteiger partial charge on any atom is 0.229 e. The van der Waals surface area contributed by atoms with E-state index in [-0.39, 0.29) is 5.91 Å². The highest BCUT2D eigenvalue weighted by Gasteiger charge is 2.26. The number of pyridine rings is 1. The molecule has 2 heterocycles. The molecule has 176 valence electrons. The first-order chi connectivity index (χ1) is 16.6. The highest BCUT2D eigenvalue weighted by atomic mass is 16.5. The number of aromatic nitrogens is 1. The quantitative estimate of drug-likeness (QED) is 0.539. The number of rotatable bonds is 8. The monoisotopic (exact) mass is 457 g/mol. The standard InChI is InChI=1S/C17H19N3O2.C10H12N2/c1-22-15-11-20(12-15)14-7-8-16(18-10-14)19-17(21)9-13-5-3-2-4-6-13;1-12-7-6-9-2-4-10(8-11)5-3-9/h2-8,10,15H,9,11-12H2,1H3,(H,18,19,21);2-5,12H,6-7H2,1H3. The van der Waals surface area contributed by atoms with Gasteiger partial charge in [-0.1, -0.05) is 42.5 Å². The fourth-order valence-electron chi connectivity index (χ4n) is 3.43. The summed E-state index contributed by atoms with van der Waals surface area (Å²) in [4.78, 5) is 18.5. The Balaban J connectivity index is 0.000000229. The van der Waals surface area contributed by atoms with Crippen LogP contribution in [0, 0.1) is 11.3 Å². The van der Waals surface area contributed by atoms with Crippen LogP contribution in [0.1, 0.15) is 16.7 Å². The van der Waals surface area contributed by atoms with E-state index in [4.69, 9.17) is 10.00 Å². The van der Waals surface area contributed by atoms with Gasteiger partial charge in [-0.2, -0.15) is 5.26 Å². The second-order valence-corrected chi connectivity index (χ2v) is 8.04. The SMILES string of the molecule is CNCCc1ccc(C#N)cc1.COC1CN(c2ccc(NC(=O)Cc3ccccc3)nc2)C1. The molecule has 1 amide bonds. The van der Waals surface area contributed by atoms with Gasteiger partial charge in [0.1, 0.15) is 5.82 Å². The Morgan fingerprint density at radius 3 is 2.41 bits per heavy atom. The molecule has 0 bridgehead atoms. The zero-order chi connectivity index (χ0) is 24.2. The number of carbonyl (C=O) groups excluding carboxylic acids is 1. The van der Waals surface area contributed by atoms with Crippen LogP contribution in [-0.4, -0.2) is 50.8 Å². The number of nitriles is 1. The number of likely N-dealkylation sites (N-methyl/N-ethyl adjacent to an activating group) is 1. The molecule has 0 atom stereocenters. The molecule has 2 aromatic carbocycles. The highest BCUT2D eigenvalue weighted by molar-refractivity contribution is 5.91. The Morgan fingerprint density at radius 1 is 1.09 bits per heavy atom. The molecule has 2 N–H and O–H groups in total. The fraction of sp³-hybridized carbons (Fsp3) is 0.296. The molecule has 1 aliphatic heterocycles. The minimum atomic E-state index is -0.0603. The molecule has 0 radical (unpaired) electrons. The number of carbonyl (C=O) groups is 1. The van der Waals surface area contributed by atoms with Crippen molar-refractivity contribution >= 4 is 17.4 Å². The maximum absolute atomic E-state index is 12.0. The molecule has 1 aliphatic rings. The molecule has 7 nitrogen and oxygen atoms in total. The Labute approximate surface area is 201 Å². The topological polar surface area (TPSA) is 90.3 Å². The van der Waals surface area contributed by atoms with E-state index in [2.05, 4.69) is 26.6 Å². The van der Waals surface area contributed by atoms with Crippen LogP contribution < -0.4 is 15.5 Å². The van der Waals surface area contributed by atoms with Crippen LogP contribution in [0.2, 0.25) is 0 Å². The first kappa shape index (κ1) is 24.9.